The maximum Gasteiger partial charge on any atom is 0.243 e. The molecule has 150 valence electrons. The largest absolute Gasteiger partial charge is 0.508 e. The number of rotatable bonds is 4. The van der Waals surface area contributed by atoms with Gasteiger partial charge in [-0.25, -0.2) is 0 Å². The van der Waals surface area contributed by atoms with Crippen LogP contribution in [0.3, 0.4) is 0 Å². The summed E-state index contributed by atoms with van der Waals surface area (Å²) in [5.41, 5.74) is 2.78. The van der Waals surface area contributed by atoms with Gasteiger partial charge in [-0.05, 0) is 56.2 Å². The number of hydrogen-bond donors (Lipinski definition) is 1. The van der Waals surface area contributed by atoms with Crippen LogP contribution >= 0.6 is 0 Å². The van der Waals surface area contributed by atoms with Gasteiger partial charge in [0.1, 0.15) is 17.1 Å². The fraction of sp³-hybridized carbons (Fsp3) is 0.565. The first-order valence-corrected chi connectivity index (χ1v) is 10.2. The predicted molar refractivity (Wildman–Crippen MR) is 108 cm³/mol. The van der Waals surface area contributed by atoms with Crippen molar-refractivity contribution in [1.82, 2.24) is 10.2 Å². The molecule has 0 saturated carbocycles. The fourth-order valence-corrected chi connectivity index (χ4v) is 5.04. The van der Waals surface area contributed by atoms with Gasteiger partial charge in [0, 0.05) is 23.0 Å². The highest BCUT2D eigenvalue weighted by atomic mass is 16.5. The summed E-state index contributed by atoms with van der Waals surface area (Å²) in [6, 6.07) is 4.09. The van der Waals surface area contributed by atoms with Crippen LogP contribution in [0, 0.1) is 5.92 Å². The fourth-order valence-electron chi connectivity index (χ4n) is 5.04. The number of ether oxygens (including phenoxy) is 1. The minimum Gasteiger partial charge on any atom is -0.508 e. The molecular weight excluding hydrogens is 352 g/mol. The Hall–Kier alpha value is -2.30. The molecule has 0 radical (unpaired) electrons. The number of benzene rings is 1. The second kappa shape index (κ2) is 6.64. The van der Waals surface area contributed by atoms with E-state index >= 15 is 0 Å². The Balaban J connectivity index is 1.78. The third-order valence-electron chi connectivity index (χ3n) is 6.59. The average molecular weight is 383 g/mol. The number of fused-ring (bicyclic) bond motifs is 3. The number of allylic oxidation sites excluding steroid dienone is 2. The molecule has 5 nitrogen and oxygen atoms in total. The van der Waals surface area contributed by atoms with Gasteiger partial charge in [-0.1, -0.05) is 33.3 Å². The molecule has 2 atom stereocenters. The molecule has 2 aromatic rings. The SMILES string of the molecule is CCCC(C)(C)c1cc(O)c2c(c1)OC(C)(C)[C@@H]1CC=C(c3nnco3)C[C@@H]21. The van der Waals surface area contributed by atoms with Gasteiger partial charge >= 0.3 is 0 Å². The first kappa shape index (κ1) is 19.0. The van der Waals surface area contributed by atoms with Crippen LogP contribution in [0.5, 0.6) is 11.5 Å². The topological polar surface area (TPSA) is 68.4 Å². The minimum atomic E-state index is -0.311. The zero-order valence-electron chi connectivity index (χ0n) is 17.5. The second-order valence-corrected chi connectivity index (χ2v) is 9.37. The Morgan fingerprint density at radius 3 is 2.75 bits per heavy atom. The first-order chi connectivity index (χ1) is 13.2. The van der Waals surface area contributed by atoms with Gasteiger partial charge in [0.25, 0.3) is 0 Å². The van der Waals surface area contributed by atoms with Crippen LogP contribution in [0.2, 0.25) is 0 Å². The lowest BCUT2D eigenvalue weighted by Gasteiger charge is -2.47. The molecule has 0 saturated heterocycles. The monoisotopic (exact) mass is 382 g/mol. The van der Waals surface area contributed by atoms with E-state index in [4.69, 9.17) is 9.15 Å². The standard InChI is InChI=1S/C23H30N2O3/c1-6-9-22(2,3)15-11-18(26)20-16-10-14(21-25-24-13-27-21)7-8-17(16)23(4,5)28-19(20)12-15/h7,11-13,16-17,26H,6,8-10H2,1-5H3/t16-,17-/m1/s1. The van der Waals surface area contributed by atoms with Crippen molar-refractivity contribution in [3.63, 3.8) is 0 Å². The van der Waals surface area contributed by atoms with Crippen LogP contribution in [0.1, 0.15) is 83.2 Å². The van der Waals surface area contributed by atoms with E-state index in [-0.39, 0.29) is 22.9 Å². The normalized spacial score (nSPS) is 23.4. The molecule has 0 spiro atoms. The van der Waals surface area contributed by atoms with E-state index in [1.165, 1.54) is 6.39 Å². The van der Waals surface area contributed by atoms with Gasteiger partial charge < -0.3 is 14.3 Å². The smallest absolute Gasteiger partial charge is 0.243 e. The van der Waals surface area contributed by atoms with Gasteiger partial charge in [0.2, 0.25) is 12.3 Å². The van der Waals surface area contributed by atoms with Crippen molar-refractivity contribution in [1.29, 1.82) is 0 Å². The summed E-state index contributed by atoms with van der Waals surface area (Å²) < 4.78 is 11.9. The van der Waals surface area contributed by atoms with Crippen molar-refractivity contribution in [3.8, 4) is 11.5 Å². The minimum absolute atomic E-state index is 0.00695. The first-order valence-electron chi connectivity index (χ1n) is 10.2. The number of aromatic nitrogens is 2. The molecule has 2 aliphatic rings. The van der Waals surface area contributed by atoms with Crippen LogP contribution in [-0.2, 0) is 5.41 Å². The summed E-state index contributed by atoms with van der Waals surface area (Å²) in [5, 5.41) is 18.9. The van der Waals surface area contributed by atoms with E-state index < -0.39 is 0 Å². The molecule has 1 aromatic carbocycles. The summed E-state index contributed by atoms with van der Waals surface area (Å²) in [6.07, 6.45) is 7.32. The number of hydrogen-bond acceptors (Lipinski definition) is 5. The van der Waals surface area contributed by atoms with E-state index in [9.17, 15) is 5.11 Å². The maximum absolute atomic E-state index is 11.0. The number of phenolic OH excluding ortho intramolecular Hbond substituents is 1. The highest BCUT2D eigenvalue weighted by Gasteiger charge is 2.47. The summed E-state index contributed by atoms with van der Waals surface area (Å²) in [4.78, 5) is 0. The zero-order valence-corrected chi connectivity index (χ0v) is 17.5. The van der Waals surface area contributed by atoms with E-state index in [0.717, 1.165) is 48.1 Å². The number of phenols is 1. The van der Waals surface area contributed by atoms with E-state index in [1.807, 2.05) is 6.07 Å². The van der Waals surface area contributed by atoms with Crippen LogP contribution in [0.15, 0.2) is 29.0 Å². The van der Waals surface area contributed by atoms with Crippen molar-refractivity contribution in [3.05, 3.63) is 41.6 Å². The highest BCUT2D eigenvalue weighted by Crippen LogP contribution is 2.55. The van der Waals surface area contributed by atoms with Crippen LogP contribution in [0.25, 0.3) is 5.57 Å². The Kier molecular flexibility index (Phi) is 4.52. The molecule has 0 amide bonds. The van der Waals surface area contributed by atoms with E-state index in [1.54, 1.807) is 0 Å². The van der Waals surface area contributed by atoms with Gasteiger partial charge in [0.15, 0.2) is 0 Å². The predicted octanol–water partition coefficient (Wildman–Crippen LogP) is 5.60. The molecule has 28 heavy (non-hydrogen) atoms. The van der Waals surface area contributed by atoms with Gasteiger partial charge in [-0.15, -0.1) is 10.2 Å². The van der Waals surface area contributed by atoms with Crippen LogP contribution in [-0.4, -0.2) is 20.9 Å². The average Bonchev–Trinajstić information content (AvgIpc) is 3.15. The Morgan fingerprint density at radius 1 is 1.29 bits per heavy atom. The molecule has 2 heterocycles. The van der Waals surface area contributed by atoms with Gasteiger partial charge in [0.05, 0.1) is 0 Å². The quantitative estimate of drug-likeness (QED) is 0.745. The Morgan fingerprint density at radius 2 is 2.07 bits per heavy atom. The molecule has 1 aliphatic carbocycles. The molecule has 0 bridgehead atoms. The number of nitrogens with zero attached hydrogens (tertiary/aromatic N) is 2. The molecule has 4 rings (SSSR count). The number of aromatic hydroxyl groups is 1. The molecular formula is C23H30N2O3. The van der Waals surface area contributed by atoms with Crippen molar-refractivity contribution in [2.75, 3.05) is 0 Å². The maximum atomic E-state index is 11.0. The lowest BCUT2D eigenvalue weighted by molar-refractivity contribution is 0.00896. The summed E-state index contributed by atoms with van der Waals surface area (Å²) in [7, 11) is 0. The van der Waals surface area contributed by atoms with Crippen LogP contribution < -0.4 is 4.74 Å². The molecule has 1 aromatic heterocycles. The van der Waals surface area contributed by atoms with Crippen LogP contribution in [0.4, 0.5) is 0 Å². The lowest BCUT2D eigenvalue weighted by atomic mass is 9.66. The molecule has 5 heteroatoms. The van der Waals surface area contributed by atoms with Gasteiger partial charge in [-0.3, -0.25) is 0 Å². The molecule has 0 unspecified atom stereocenters. The van der Waals surface area contributed by atoms with Crippen molar-refractivity contribution in [2.24, 2.45) is 5.92 Å². The van der Waals surface area contributed by atoms with E-state index in [2.05, 4.69) is 57.0 Å². The van der Waals surface area contributed by atoms with Crippen molar-refractivity contribution < 1.29 is 14.3 Å². The van der Waals surface area contributed by atoms with Crippen molar-refractivity contribution >= 4 is 5.57 Å². The second-order valence-electron chi connectivity index (χ2n) is 9.37. The summed E-state index contributed by atoms with van der Waals surface area (Å²) in [5.74, 6) is 2.18. The molecule has 1 N–H and O–H groups in total. The highest BCUT2D eigenvalue weighted by molar-refractivity contribution is 5.63. The molecule has 0 fully saturated rings. The summed E-state index contributed by atoms with van der Waals surface area (Å²) in [6.45, 7) is 11.0. The third-order valence-corrected chi connectivity index (χ3v) is 6.59. The summed E-state index contributed by atoms with van der Waals surface area (Å²) >= 11 is 0. The lowest BCUT2D eigenvalue weighted by Crippen LogP contribution is -2.45. The van der Waals surface area contributed by atoms with Gasteiger partial charge in [-0.2, -0.15) is 0 Å². The Bertz CT molecular complexity index is 897. The van der Waals surface area contributed by atoms with Crippen molar-refractivity contribution in [2.45, 2.75) is 77.2 Å². The Labute approximate surface area is 166 Å². The zero-order chi connectivity index (χ0) is 20.1. The van der Waals surface area contributed by atoms with E-state index in [0.29, 0.717) is 11.6 Å². The molecule has 1 aliphatic heterocycles. The third kappa shape index (κ3) is 3.11.